The maximum absolute atomic E-state index is 11.9. The topological polar surface area (TPSA) is 75.4 Å². The van der Waals surface area contributed by atoms with Gasteiger partial charge in [-0.05, 0) is 31.0 Å². The first kappa shape index (κ1) is 12.4. The molecule has 1 fully saturated rings. The number of rotatable bonds is 2. The van der Waals surface area contributed by atoms with Gasteiger partial charge >= 0.3 is 0 Å². The monoisotopic (exact) mass is 247 g/mol. The van der Waals surface area contributed by atoms with Crippen molar-refractivity contribution < 1.29 is 9.59 Å². The highest BCUT2D eigenvalue weighted by atomic mass is 16.2. The van der Waals surface area contributed by atoms with E-state index in [1.807, 2.05) is 19.1 Å². The molecule has 0 aromatic heterocycles. The number of piperidine rings is 1. The van der Waals surface area contributed by atoms with Crippen LogP contribution in [-0.2, 0) is 9.59 Å². The fraction of sp³-hybridized carbons (Fsp3) is 0.385. The predicted octanol–water partition coefficient (Wildman–Crippen LogP) is 1.14. The van der Waals surface area contributed by atoms with Gasteiger partial charge in [0.2, 0.25) is 5.91 Å². The van der Waals surface area contributed by atoms with Crippen molar-refractivity contribution in [1.82, 2.24) is 4.90 Å². The highest BCUT2D eigenvalue weighted by Gasteiger charge is 2.31. The standard InChI is InChI=1S/C13H17N3O2/c1-8-3-4-9(14)7-11(8)15-10-5-6-12(17)16(2)13(10)18/h3-4,7,10,15H,5-6,14H2,1-2H3. The highest BCUT2D eigenvalue weighted by Crippen LogP contribution is 2.22. The van der Waals surface area contributed by atoms with Crippen molar-refractivity contribution >= 4 is 23.2 Å². The zero-order chi connectivity index (χ0) is 13.3. The Bertz CT molecular complexity index is 499. The number of aryl methyl sites for hydroxylation is 1. The highest BCUT2D eigenvalue weighted by molar-refractivity contribution is 6.01. The van der Waals surface area contributed by atoms with Gasteiger partial charge < -0.3 is 11.1 Å². The van der Waals surface area contributed by atoms with Crippen LogP contribution in [0.15, 0.2) is 18.2 Å². The van der Waals surface area contributed by atoms with E-state index in [1.54, 1.807) is 6.07 Å². The molecule has 2 amide bonds. The molecule has 18 heavy (non-hydrogen) atoms. The van der Waals surface area contributed by atoms with E-state index >= 15 is 0 Å². The molecule has 3 N–H and O–H groups in total. The molecule has 1 aromatic rings. The van der Waals surface area contributed by atoms with E-state index in [1.165, 1.54) is 11.9 Å². The number of anilines is 2. The largest absolute Gasteiger partial charge is 0.399 e. The van der Waals surface area contributed by atoms with E-state index in [9.17, 15) is 9.59 Å². The third-order valence-electron chi connectivity index (χ3n) is 3.24. The van der Waals surface area contributed by atoms with Crippen LogP contribution >= 0.6 is 0 Å². The van der Waals surface area contributed by atoms with Gasteiger partial charge in [-0.3, -0.25) is 14.5 Å². The molecule has 0 saturated carbocycles. The normalized spacial score (nSPS) is 20.1. The fourth-order valence-corrected chi connectivity index (χ4v) is 2.03. The SMILES string of the molecule is Cc1ccc(N)cc1NC1CCC(=O)N(C)C1=O. The maximum Gasteiger partial charge on any atom is 0.251 e. The number of amides is 2. The number of hydrogen-bond donors (Lipinski definition) is 2. The second kappa shape index (κ2) is 4.68. The van der Waals surface area contributed by atoms with Gasteiger partial charge in [0.15, 0.2) is 0 Å². The van der Waals surface area contributed by atoms with Crippen LogP contribution in [0.3, 0.4) is 0 Å². The van der Waals surface area contributed by atoms with E-state index in [0.29, 0.717) is 18.5 Å². The first-order chi connectivity index (χ1) is 8.49. The minimum absolute atomic E-state index is 0.123. The molecular weight excluding hydrogens is 230 g/mol. The molecule has 1 atom stereocenters. The number of likely N-dealkylation sites (N-methyl/N-ethyl adjacent to an activating group) is 1. The van der Waals surface area contributed by atoms with Crippen LogP contribution in [-0.4, -0.2) is 29.8 Å². The number of likely N-dealkylation sites (tertiary alicyclic amines) is 1. The van der Waals surface area contributed by atoms with E-state index in [4.69, 9.17) is 5.73 Å². The average Bonchev–Trinajstić information content (AvgIpc) is 2.34. The molecule has 1 aliphatic heterocycles. The van der Waals surface area contributed by atoms with Crippen molar-refractivity contribution in [2.75, 3.05) is 18.1 Å². The van der Waals surface area contributed by atoms with Crippen LogP contribution in [0.1, 0.15) is 18.4 Å². The van der Waals surface area contributed by atoms with Crippen LogP contribution < -0.4 is 11.1 Å². The summed E-state index contributed by atoms with van der Waals surface area (Å²) in [6.45, 7) is 1.95. The molecule has 1 aromatic carbocycles. The van der Waals surface area contributed by atoms with Gasteiger partial charge in [0.1, 0.15) is 6.04 Å². The lowest BCUT2D eigenvalue weighted by Crippen LogP contribution is -2.48. The van der Waals surface area contributed by atoms with Crippen LogP contribution in [0, 0.1) is 6.92 Å². The minimum Gasteiger partial charge on any atom is -0.399 e. The third kappa shape index (κ3) is 2.30. The number of nitrogens with zero attached hydrogens (tertiary/aromatic N) is 1. The van der Waals surface area contributed by atoms with Crippen LogP contribution in [0.5, 0.6) is 0 Å². The molecule has 96 valence electrons. The quantitative estimate of drug-likeness (QED) is 0.607. The summed E-state index contributed by atoms with van der Waals surface area (Å²) in [5.74, 6) is -0.310. The number of nitrogens with one attached hydrogen (secondary N) is 1. The molecule has 1 unspecified atom stereocenters. The zero-order valence-electron chi connectivity index (χ0n) is 10.6. The average molecular weight is 247 g/mol. The van der Waals surface area contributed by atoms with Gasteiger partial charge in [0.05, 0.1) is 0 Å². The Morgan fingerprint density at radius 3 is 2.83 bits per heavy atom. The first-order valence-corrected chi connectivity index (χ1v) is 5.92. The summed E-state index contributed by atoms with van der Waals surface area (Å²) >= 11 is 0. The number of carbonyl (C=O) groups is 2. The van der Waals surface area contributed by atoms with E-state index in [-0.39, 0.29) is 17.9 Å². The molecule has 5 heteroatoms. The van der Waals surface area contributed by atoms with Crippen molar-refractivity contribution in [3.05, 3.63) is 23.8 Å². The van der Waals surface area contributed by atoms with Crippen molar-refractivity contribution in [3.8, 4) is 0 Å². The Morgan fingerprint density at radius 1 is 1.39 bits per heavy atom. The molecule has 0 radical (unpaired) electrons. The van der Waals surface area contributed by atoms with Crippen molar-refractivity contribution in [2.24, 2.45) is 0 Å². The first-order valence-electron chi connectivity index (χ1n) is 5.92. The Labute approximate surface area is 106 Å². The number of hydrogen-bond acceptors (Lipinski definition) is 4. The molecule has 1 heterocycles. The van der Waals surface area contributed by atoms with Crippen LogP contribution in [0.4, 0.5) is 11.4 Å². The van der Waals surface area contributed by atoms with E-state index in [2.05, 4.69) is 5.32 Å². The van der Waals surface area contributed by atoms with Gasteiger partial charge in [-0.15, -0.1) is 0 Å². The number of benzene rings is 1. The van der Waals surface area contributed by atoms with Gasteiger partial charge in [-0.1, -0.05) is 6.07 Å². The summed E-state index contributed by atoms with van der Waals surface area (Å²) in [5, 5.41) is 3.17. The summed E-state index contributed by atoms with van der Waals surface area (Å²) in [5.41, 5.74) is 8.24. The number of carbonyl (C=O) groups excluding carboxylic acids is 2. The van der Waals surface area contributed by atoms with Crippen LogP contribution in [0.25, 0.3) is 0 Å². The lowest BCUT2D eigenvalue weighted by molar-refractivity contribution is -0.146. The Kier molecular flexibility index (Phi) is 3.23. The maximum atomic E-state index is 11.9. The zero-order valence-corrected chi connectivity index (χ0v) is 10.6. The summed E-state index contributed by atoms with van der Waals surface area (Å²) in [6, 6.07) is 5.17. The summed E-state index contributed by atoms with van der Waals surface area (Å²) in [4.78, 5) is 24.5. The summed E-state index contributed by atoms with van der Waals surface area (Å²) in [7, 11) is 1.52. The molecule has 1 aliphatic rings. The van der Waals surface area contributed by atoms with Crippen molar-refractivity contribution in [2.45, 2.75) is 25.8 Å². The molecule has 0 aliphatic carbocycles. The molecule has 5 nitrogen and oxygen atoms in total. The van der Waals surface area contributed by atoms with Crippen molar-refractivity contribution in [3.63, 3.8) is 0 Å². The molecular formula is C13H17N3O2. The van der Waals surface area contributed by atoms with Crippen LogP contribution in [0.2, 0.25) is 0 Å². The summed E-state index contributed by atoms with van der Waals surface area (Å²) < 4.78 is 0. The van der Waals surface area contributed by atoms with Crippen molar-refractivity contribution in [1.29, 1.82) is 0 Å². The lowest BCUT2D eigenvalue weighted by Gasteiger charge is -2.29. The summed E-state index contributed by atoms with van der Waals surface area (Å²) in [6.07, 6.45) is 0.914. The van der Waals surface area contributed by atoms with Gasteiger partial charge in [0, 0.05) is 24.8 Å². The fourth-order valence-electron chi connectivity index (χ4n) is 2.03. The van der Waals surface area contributed by atoms with Gasteiger partial charge in [-0.2, -0.15) is 0 Å². The predicted molar refractivity (Wildman–Crippen MR) is 70.0 cm³/mol. The third-order valence-corrected chi connectivity index (χ3v) is 3.24. The van der Waals surface area contributed by atoms with Gasteiger partial charge in [-0.25, -0.2) is 0 Å². The minimum atomic E-state index is -0.354. The smallest absolute Gasteiger partial charge is 0.251 e. The number of imide groups is 1. The molecule has 0 bridgehead atoms. The molecule has 1 saturated heterocycles. The Balaban J connectivity index is 2.16. The Hall–Kier alpha value is -2.04. The van der Waals surface area contributed by atoms with Gasteiger partial charge in [0.25, 0.3) is 5.91 Å². The second-order valence-corrected chi connectivity index (χ2v) is 4.60. The molecule has 2 rings (SSSR count). The Morgan fingerprint density at radius 2 is 2.11 bits per heavy atom. The number of nitrogen functional groups attached to an aromatic ring is 1. The molecule has 0 spiro atoms. The number of nitrogens with two attached hydrogens (primary N) is 1. The second-order valence-electron chi connectivity index (χ2n) is 4.60. The lowest BCUT2D eigenvalue weighted by atomic mass is 10.0. The van der Waals surface area contributed by atoms with E-state index in [0.717, 1.165) is 11.3 Å². The van der Waals surface area contributed by atoms with E-state index < -0.39 is 0 Å².